The number of carbonyl (C=O) groups is 1. The van der Waals surface area contributed by atoms with Crippen LogP contribution in [0.5, 0.6) is 5.75 Å². The van der Waals surface area contributed by atoms with Crippen molar-refractivity contribution in [2.24, 2.45) is 5.41 Å². The summed E-state index contributed by atoms with van der Waals surface area (Å²) in [5, 5.41) is 8.92. The van der Waals surface area contributed by atoms with Crippen molar-refractivity contribution in [1.82, 2.24) is 0 Å². The number of benzene rings is 2. The van der Waals surface area contributed by atoms with E-state index in [1.807, 2.05) is 24.3 Å². The van der Waals surface area contributed by atoms with Gasteiger partial charge in [-0.1, -0.05) is 54.6 Å². The highest BCUT2D eigenvalue weighted by atomic mass is 16.5. The maximum Gasteiger partial charge on any atom is 0.328 e. The maximum atomic E-state index is 10.9. The van der Waals surface area contributed by atoms with E-state index in [2.05, 4.69) is 42.5 Å². The summed E-state index contributed by atoms with van der Waals surface area (Å²) in [7, 11) is 0. The third-order valence-electron chi connectivity index (χ3n) is 6.45. The molecule has 2 aromatic carbocycles. The normalized spacial score (nSPS) is 25.2. The molecule has 0 radical (unpaired) electrons. The minimum atomic E-state index is -0.847. The largest absolute Gasteiger partial charge is 0.489 e. The topological polar surface area (TPSA) is 46.5 Å². The fourth-order valence-electron chi connectivity index (χ4n) is 4.64. The zero-order valence-electron chi connectivity index (χ0n) is 16.7. The van der Waals surface area contributed by atoms with Gasteiger partial charge in [-0.3, -0.25) is 0 Å². The van der Waals surface area contributed by atoms with Gasteiger partial charge in [-0.25, -0.2) is 4.79 Å². The molecule has 0 unspecified atom stereocenters. The lowest BCUT2D eigenvalue weighted by molar-refractivity contribution is -0.131. The monoisotopic (exact) mass is 388 g/mol. The highest BCUT2D eigenvalue weighted by molar-refractivity contribution is 5.81. The van der Waals surface area contributed by atoms with Gasteiger partial charge in [0.15, 0.2) is 0 Å². The van der Waals surface area contributed by atoms with Crippen LogP contribution in [-0.2, 0) is 11.4 Å². The fraction of sp³-hybridized carbons (Fsp3) is 0.346. The molecule has 0 aromatic heterocycles. The second kappa shape index (κ2) is 8.69. The van der Waals surface area contributed by atoms with E-state index in [4.69, 9.17) is 9.84 Å². The van der Waals surface area contributed by atoms with Crippen LogP contribution in [0.15, 0.2) is 78.4 Å². The minimum absolute atomic E-state index is 0.269. The molecule has 0 heterocycles. The third kappa shape index (κ3) is 4.97. The van der Waals surface area contributed by atoms with Gasteiger partial charge in [-0.2, -0.15) is 0 Å². The van der Waals surface area contributed by atoms with Crippen LogP contribution in [0, 0.1) is 5.41 Å². The van der Waals surface area contributed by atoms with Crippen molar-refractivity contribution in [2.75, 3.05) is 0 Å². The number of hydrogen-bond donors (Lipinski definition) is 1. The molecule has 1 spiro atoms. The Labute approximate surface area is 172 Å². The first-order valence-corrected chi connectivity index (χ1v) is 10.5. The van der Waals surface area contributed by atoms with E-state index in [0.717, 1.165) is 24.2 Å². The Kier molecular flexibility index (Phi) is 5.84. The molecule has 0 atom stereocenters. The molecule has 1 fully saturated rings. The van der Waals surface area contributed by atoms with Gasteiger partial charge in [0.2, 0.25) is 0 Å². The number of ether oxygens (including phenoxy) is 1. The molecule has 3 nitrogen and oxygen atoms in total. The molecule has 0 aliphatic heterocycles. The van der Waals surface area contributed by atoms with Crippen LogP contribution in [0.1, 0.15) is 55.6 Å². The molecule has 2 aromatic rings. The van der Waals surface area contributed by atoms with Crippen molar-refractivity contribution in [3.63, 3.8) is 0 Å². The van der Waals surface area contributed by atoms with Crippen molar-refractivity contribution in [3.8, 4) is 5.75 Å². The predicted molar refractivity (Wildman–Crippen MR) is 115 cm³/mol. The molecule has 0 saturated heterocycles. The van der Waals surface area contributed by atoms with Crippen molar-refractivity contribution < 1.29 is 14.6 Å². The number of aliphatic carboxylic acids is 1. The molecule has 2 aliphatic rings. The van der Waals surface area contributed by atoms with Gasteiger partial charge < -0.3 is 9.84 Å². The highest BCUT2D eigenvalue weighted by Crippen LogP contribution is 2.49. The number of hydrogen-bond acceptors (Lipinski definition) is 2. The van der Waals surface area contributed by atoms with Crippen molar-refractivity contribution in [3.05, 3.63) is 89.5 Å². The first kappa shape index (κ1) is 19.5. The molecule has 4 rings (SSSR count). The summed E-state index contributed by atoms with van der Waals surface area (Å²) >= 11 is 0. The highest BCUT2D eigenvalue weighted by Gasteiger charge is 2.35. The molecule has 0 amide bonds. The Hall–Kier alpha value is -2.81. The Morgan fingerprint density at radius 1 is 1.03 bits per heavy atom. The average Bonchev–Trinajstić information content (AvgIpc) is 2.76. The molecule has 1 N–H and O–H groups in total. The maximum absolute atomic E-state index is 10.9. The van der Waals surface area contributed by atoms with Gasteiger partial charge in [0.1, 0.15) is 12.4 Å². The van der Waals surface area contributed by atoms with Crippen LogP contribution in [0.2, 0.25) is 0 Å². The van der Waals surface area contributed by atoms with E-state index in [1.54, 1.807) is 0 Å². The van der Waals surface area contributed by atoms with Crippen LogP contribution in [0.3, 0.4) is 0 Å². The number of carboxylic acids is 1. The summed E-state index contributed by atoms with van der Waals surface area (Å²) in [5.41, 5.74) is 3.79. The molecule has 150 valence electrons. The van der Waals surface area contributed by atoms with Crippen LogP contribution in [-0.4, -0.2) is 11.1 Å². The van der Waals surface area contributed by atoms with Gasteiger partial charge in [-0.15, -0.1) is 0 Å². The van der Waals surface area contributed by atoms with E-state index < -0.39 is 5.97 Å². The van der Waals surface area contributed by atoms with Gasteiger partial charge >= 0.3 is 5.97 Å². The summed E-state index contributed by atoms with van der Waals surface area (Å²) in [6.45, 7) is 0.594. The van der Waals surface area contributed by atoms with Crippen molar-refractivity contribution in [2.45, 2.75) is 51.0 Å². The summed E-state index contributed by atoms with van der Waals surface area (Å²) in [5.74, 6) is 0.673. The quantitative estimate of drug-likeness (QED) is 0.614. The van der Waals surface area contributed by atoms with Gasteiger partial charge in [0.05, 0.1) is 0 Å². The lowest BCUT2D eigenvalue weighted by Gasteiger charge is -2.40. The van der Waals surface area contributed by atoms with Gasteiger partial charge in [0.25, 0.3) is 0 Å². The molecule has 1 saturated carbocycles. The van der Waals surface area contributed by atoms with E-state index in [9.17, 15) is 4.79 Å². The minimum Gasteiger partial charge on any atom is -0.489 e. The fourth-order valence-corrected chi connectivity index (χ4v) is 4.64. The lowest BCUT2D eigenvalue weighted by Crippen LogP contribution is -2.27. The van der Waals surface area contributed by atoms with Crippen molar-refractivity contribution >= 4 is 5.97 Å². The smallest absolute Gasteiger partial charge is 0.328 e. The molecule has 2 aliphatic carbocycles. The van der Waals surface area contributed by atoms with Gasteiger partial charge in [-0.05, 0) is 78.7 Å². The van der Waals surface area contributed by atoms with Crippen LogP contribution in [0.25, 0.3) is 0 Å². The Bertz CT molecular complexity index is 885. The van der Waals surface area contributed by atoms with E-state index in [0.29, 0.717) is 12.5 Å². The Balaban J connectivity index is 1.31. The molecule has 3 heteroatoms. The number of carboxylic acid groups (broad SMARTS) is 1. The zero-order chi connectivity index (χ0) is 20.1. The Morgan fingerprint density at radius 3 is 2.38 bits per heavy atom. The SMILES string of the molecule is O=C(O)/C=C1\C=CC2(CC1)CCC(c1ccc(OCc3ccccc3)cc1)CC2. The summed E-state index contributed by atoms with van der Waals surface area (Å²) in [4.78, 5) is 10.9. The average molecular weight is 389 g/mol. The van der Waals surface area contributed by atoms with E-state index >= 15 is 0 Å². The first-order valence-electron chi connectivity index (χ1n) is 10.5. The standard InChI is InChI=1S/C26H28O3/c27-25(28)18-20-10-14-26(15-11-20)16-12-23(13-17-26)22-6-8-24(9-7-22)29-19-21-4-2-1-3-5-21/h1-10,14,18,23H,11-13,15-17,19H2,(H,27,28)/b20-18+. The second-order valence-electron chi connectivity index (χ2n) is 8.37. The van der Waals surface area contributed by atoms with E-state index in [-0.39, 0.29) is 5.41 Å². The third-order valence-corrected chi connectivity index (χ3v) is 6.45. The van der Waals surface area contributed by atoms with Gasteiger partial charge in [0, 0.05) is 6.08 Å². The van der Waals surface area contributed by atoms with Crippen LogP contribution >= 0.6 is 0 Å². The zero-order valence-corrected chi connectivity index (χ0v) is 16.7. The summed E-state index contributed by atoms with van der Waals surface area (Å²) in [6, 6.07) is 18.8. The Morgan fingerprint density at radius 2 is 1.76 bits per heavy atom. The summed E-state index contributed by atoms with van der Waals surface area (Å²) < 4.78 is 5.91. The predicted octanol–water partition coefficient (Wildman–Crippen LogP) is 6.27. The number of rotatable bonds is 5. The molecular formula is C26H28O3. The van der Waals surface area contributed by atoms with Crippen LogP contribution in [0.4, 0.5) is 0 Å². The van der Waals surface area contributed by atoms with Crippen molar-refractivity contribution in [1.29, 1.82) is 0 Å². The number of allylic oxidation sites excluding steroid dienone is 3. The van der Waals surface area contributed by atoms with E-state index in [1.165, 1.54) is 42.9 Å². The first-order chi connectivity index (χ1) is 14.1. The lowest BCUT2D eigenvalue weighted by atomic mass is 9.64. The molecule has 29 heavy (non-hydrogen) atoms. The second-order valence-corrected chi connectivity index (χ2v) is 8.37. The molecular weight excluding hydrogens is 360 g/mol. The summed E-state index contributed by atoms with van der Waals surface area (Å²) in [6.07, 6.45) is 12.3. The molecule has 0 bridgehead atoms. The van der Waals surface area contributed by atoms with Crippen LogP contribution < -0.4 is 4.74 Å².